The van der Waals surface area contributed by atoms with Crippen LogP contribution in [0.1, 0.15) is 31.1 Å². The van der Waals surface area contributed by atoms with E-state index in [9.17, 15) is 9.59 Å². The van der Waals surface area contributed by atoms with E-state index in [4.69, 9.17) is 12.2 Å². The molecule has 1 aliphatic heterocycles. The van der Waals surface area contributed by atoms with Crippen LogP contribution in [-0.2, 0) is 6.54 Å². The van der Waals surface area contributed by atoms with Gasteiger partial charge in [-0.05, 0) is 51.2 Å². The fraction of sp³-hybridized carbons (Fsp3) is 0.500. The molecule has 134 valence electrons. The molecule has 0 aliphatic carbocycles. The lowest BCUT2D eigenvalue weighted by atomic mass is 10.1. The standard InChI is InChI=1S/C18H24N4O2S/c1-4-22-17(24)14-6-5-13(11-15(14)19-18(22)25)16(23)21-9-7-20(8-10-21)12(2)3/h5-6,11-12H,4,7-10H2,1-3H3,(H,19,25). The van der Waals surface area contributed by atoms with E-state index in [0.717, 1.165) is 26.2 Å². The molecule has 6 nitrogen and oxygen atoms in total. The third-order valence-corrected chi connectivity index (χ3v) is 5.20. The van der Waals surface area contributed by atoms with Gasteiger partial charge in [0.1, 0.15) is 0 Å². The van der Waals surface area contributed by atoms with Gasteiger partial charge in [-0.1, -0.05) is 0 Å². The van der Waals surface area contributed by atoms with E-state index < -0.39 is 0 Å². The summed E-state index contributed by atoms with van der Waals surface area (Å²) < 4.78 is 1.90. The van der Waals surface area contributed by atoms with E-state index in [1.54, 1.807) is 18.2 Å². The normalized spacial score (nSPS) is 15.9. The number of piperazine rings is 1. The number of hydrogen-bond donors (Lipinski definition) is 1. The van der Waals surface area contributed by atoms with Crippen molar-refractivity contribution in [2.45, 2.75) is 33.4 Å². The Hall–Kier alpha value is -1.99. The van der Waals surface area contributed by atoms with Gasteiger partial charge in [-0.2, -0.15) is 0 Å². The number of amides is 1. The number of nitrogens with one attached hydrogen (secondary N) is 1. The number of carbonyl (C=O) groups excluding carboxylic acids is 1. The minimum absolute atomic E-state index is 0.00398. The molecule has 25 heavy (non-hydrogen) atoms. The molecule has 2 aromatic rings. The molecule has 3 rings (SSSR count). The lowest BCUT2D eigenvalue weighted by molar-refractivity contribution is 0.0595. The third-order valence-electron chi connectivity index (χ3n) is 4.88. The fourth-order valence-corrected chi connectivity index (χ4v) is 3.62. The molecule has 0 spiro atoms. The van der Waals surface area contributed by atoms with Crippen LogP contribution in [0.4, 0.5) is 0 Å². The smallest absolute Gasteiger partial charge is 0.262 e. The van der Waals surface area contributed by atoms with Crippen molar-refractivity contribution in [1.29, 1.82) is 0 Å². The zero-order valence-corrected chi connectivity index (χ0v) is 15.7. The molecule has 7 heteroatoms. The molecule has 1 amide bonds. The van der Waals surface area contributed by atoms with Crippen molar-refractivity contribution < 1.29 is 4.79 Å². The fourth-order valence-electron chi connectivity index (χ4n) is 3.30. The van der Waals surface area contributed by atoms with Gasteiger partial charge in [-0.15, -0.1) is 0 Å². The maximum atomic E-state index is 12.8. The molecule has 1 aromatic heterocycles. The van der Waals surface area contributed by atoms with E-state index in [-0.39, 0.29) is 11.5 Å². The van der Waals surface area contributed by atoms with Crippen molar-refractivity contribution in [2.24, 2.45) is 0 Å². The minimum Gasteiger partial charge on any atom is -0.336 e. The maximum Gasteiger partial charge on any atom is 0.262 e. The molecule has 0 radical (unpaired) electrons. The number of nitrogens with zero attached hydrogens (tertiary/aromatic N) is 3. The number of benzene rings is 1. The number of H-pyrrole nitrogens is 1. The topological polar surface area (TPSA) is 61.3 Å². The Morgan fingerprint density at radius 1 is 1.24 bits per heavy atom. The zero-order valence-electron chi connectivity index (χ0n) is 14.9. The molecule has 1 N–H and O–H groups in total. The molecule has 1 aliphatic rings. The van der Waals surface area contributed by atoms with Crippen LogP contribution in [0.2, 0.25) is 0 Å². The summed E-state index contributed by atoms with van der Waals surface area (Å²) in [5, 5.41) is 0.552. The summed E-state index contributed by atoms with van der Waals surface area (Å²) in [6.07, 6.45) is 0. The number of hydrogen-bond acceptors (Lipinski definition) is 4. The van der Waals surface area contributed by atoms with Crippen molar-refractivity contribution >= 4 is 29.0 Å². The zero-order chi connectivity index (χ0) is 18.1. The Kier molecular flexibility index (Phi) is 5.06. The minimum atomic E-state index is -0.120. The first-order valence-electron chi connectivity index (χ1n) is 8.72. The first-order valence-corrected chi connectivity index (χ1v) is 9.13. The summed E-state index contributed by atoms with van der Waals surface area (Å²) in [5.74, 6) is 0.00398. The van der Waals surface area contributed by atoms with Crippen LogP contribution in [-0.4, -0.2) is 57.5 Å². The molecular formula is C18H24N4O2S. The molecular weight excluding hydrogens is 336 g/mol. The van der Waals surface area contributed by atoms with E-state index in [1.807, 2.05) is 11.8 Å². The molecule has 1 aromatic carbocycles. The first-order chi connectivity index (χ1) is 11.9. The van der Waals surface area contributed by atoms with Crippen LogP contribution in [0.25, 0.3) is 10.9 Å². The second kappa shape index (κ2) is 7.09. The number of fused-ring (bicyclic) bond motifs is 1. The Balaban J connectivity index is 1.88. The predicted octanol–water partition coefficient (Wildman–Crippen LogP) is 2.25. The number of carbonyl (C=O) groups is 1. The van der Waals surface area contributed by atoms with Gasteiger partial charge in [-0.3, -0.25) is 19.1 Å². The highest BCUT2D eigenvalue weighted by atomic mass is 32.1. The first kappa shape index (κ1) is 17.8. The summed E-state index contributed by atoms with van der Waals surface area (Å²) in [6.45, 7) is 9.97. The van der Waals surface area contributed by atoms with Crippen LogP contribution < -0.4 is 5.56 Å². The second-order valence-electron chi connectivity index (χ2n) is 6.66. The van der Waals surface area contributed by atoms with Gasteiger partial charge < -0.3 is 9.88 Å². The Bertz CT molecular complexity index is 907. The number of aromatic amines is 1. The third kappa shape index (κ3) is 3.39. The Labute approximate surface area is 152 Å². The van der Waals surface area contributed by atoms with Crippen molar-refractivity contribution in [3.63, 3.8) is 0 Å². The monoisotopic (exact) mass is 360 g/mol. The van der Waals surface area contributed by atoms with Crippen LogP contribution >= 0.6 is 12.2 Å². The Morgan fingerprint density at radius 2 is 1.92 bits per heavy atom. The quantitative estimate of drug-likeness (QED) is 0.853. The molecule has 0 unspecified atom stereocenters. The van der Waals surface area contributed by atoms with Crippen molar-refractivity contribution in [1.82, 2.24) is 19.4 Å². The van der Waals surface area contributed by atoms with Gasteiger partial charge in [0.05, 0.1) is 10.9 Å². The molecule has 2 heterocycles. The number of aromatic nitrogens is 2. The van der Waals surface area contributed by atoms with E-state index in [1.165, 1.54) is 4.57 Å². The molecule has 1 saturated heterocycles. The van der Waals surface area contributed by atoms with E-state index in [0.29, 0.717) is 33.8 Å². The molecule has 0 atom stereocenters. The van der Waals surface area contributed by atoms with E-state index >= 15 is 0 Å². The van der Waals surface area contributed by atoms with Crippen molar-refractivity contribution in [2.75, 3.05) is 26.2 Å². The summed E-state index contributed by atoms with van der Waals surface area (Å²) in [4.78, 5) is 32.6. The van der Waals surface area contributed by atoms with Gasteiger partial charge in [0.25, 0.3) is 11.5 Å². The predicted molar refractivity (Wildman–Crippen MR) is 102 cm³/mol. The highest BCUT2D eigenvalue weighted by molar-refractivity contribution is 7.71. The van der Waals surface area contributed by atoms with Gasteiger partial charge in [0, 0.05) is 44.3 Å². The van der Waals surface area contributed by atoms with Crippen LogP contribution in [0.15, 0.2) is 23.0 Å². The largest absolute Gasteiger partial charge is 0.336 e. The van der Waals surface area contributed by atoms with Crippen LogP contribution in [0.5, 0.6) is 0 Å². The maximum absolute atomic E-state index is 12.8. The molecule has 0 saturated carbocycles. The van der Waals surface area contributed by atoms with Gasteiger partial charge >= 0.3 is 0 Å². The number of rotatable bonds is 3. The van der Waals surface area contributed by atoms with Crippen molar-refractivity contribution in [3.8, 4) is 0 Å². The lowest BCUT2D eigenvalue weighted by Gasteiger charge is -2.37. The lowest BCUT2D eigenvalue weighted by Crippen LogP contribution is -2.50. The van der Waals surface area contributed by atoms with Gasteiger partial charge in [-0.25, -0.2) is 0 Å². The van der Waals surface area contributed by atoms with Gasteiger partial charge in [0.2, 0.25) is 0 Å². The molecule has 1 fully saturated rings. The van der Waals surface area contributed by atoms with Crippen LogP contribution in [0.3, 0.4) is 0 Å². The summed E-state index contributed by atoms with van der Waals surface area (Å²) in [5.41, 5.74) is 1.09. The van der Waals surface area contributed by atoms with Gasteiger partial charge in [0.15, 0.2) is 4.77 Å². The average molecular weight is 360 g/mol. The highest BCUT2D eigenvalue weighted by Gasteiger charge is 2.23. The van der Waals surface area contributed by atoms with E-state index in [2.05, 4.69) is 23.7 Å². The molecule has 0 bridgehead atoms. The Morgan fingerprint density at radius 3 is 2.52 bits per heavy atom. The summed E-state index contributed by atoms with van der Waals surface area (Å²) in [6, 6.07) is 5.69. The summed E-state index contributed by atoms with van der Waals surface area (Å²) in [7, 11) is 0. The average Bonchev–Trinajstić information content (AvgIpc) is 2.61. The van der Waals surface area contributed by atoms with Crippen molar-refractivity contribution in [3.05, 3.63) is 38.9 Å². The highest BCUT2D eigenvalue weighted by Crippen LogP contribution is 2.15. The van der Waals surface area contributed by atoms with Crippen LogP contribution in [0, 0.1) is 4.77 Å². The summed E-state index contributed by atoms with van der Waals surface area (Å²) >= 11 is 5.24. The SMILES string of the molecule is CCn1c(=S)[nH]c2cc(C(=O)N3CCN(C(C)C)CC3)ccc2c1=O. The second-order valence-corrected chi connectivity index (χ2v) is 7.05.